The van der Waals surface area contributed by atoms with E-state index in [0.717, 1.165) is 10.5 Å². The maximum atomic E-state index is 13.4. The van der Waals surface area contributed by atoms with Crippen molar-refractivity contribution in [2.45, 2.75) is 11.8 Å². The van der Waals surface area contributed by atoms with Crippen LogP contribution in [0.4, 0.5) is 10.1 Å². The van der Waals surface area contributed by atoms with Gasteiger partial charge in [-0.25, -0.2) is 12.8 Å². The van der Waals surface area contributed by atoms with E-state index >= 15 is 0 Å². The number of anilines is 1. The van der Waals surface area contributed by atoms with E-state index in [-0.39, 0.29) is 10.6 Å². The molecule has 19 heavy (non-hydrogen) atoms. The van der Waals surface area contributed by atoms with Crippen molar-refractivity contribution in [2.24, 2.45) is 0 Å². The van der Waals surface area contributed by atoms with Crippen LogP contribution in [-0.2, 0) is 10.0 Å². The van der Waals surface area contributed by atoms with Gasteiger partial charge in [0.15, 0.2) is 0 Å². The Labute approximate surface area is 119 Å². The number of rotatable bonds is 3. The van der Waals surface area contributed by atoms with E-state index in [9.17, 15) is 12.8 Å². The average molecular weight is 344 g/mol. The Morgan fingerprint density at radius 2 is 1.74 bits per heavy atom. The minimum atomic E-state index is -3.70. The first-order valence-corrected chi connectivity index (χ1v) is 7.71. The van der Waals surface area contributed by atoms with Crippen LogP contribution >= 0.6 is 15.9 Å². The van der Waals surface area contributed by atoms with Gasteiger partial charge in [-0.1, -0.05) is 22.0 Å². The highest BCUT2D eigenvalue weighted by Gasteiger charge is 2.14. The molecule has 0 bridgehead atoms. The van der Waals surface area contributed by atoms with Gasteiger partial charge >= 0.3 is 0 Å². The summed E-state index contributed by atoms with van der Waals surface area (Å²) in [5.41, 5.74) is 0.664. The van der Waals surface area contributed by atoms with Crippen molar-refractivity contribution in [2.75, 3.05) is 4.72 Å². The lowest BCUT2D eigenvalue weighted by molar-refractivity contribution is 0.601. The van der Waals surface area contributed by atoms with Gasteiger partial charge < -0.3 is 0 Å². The zero-order valence-electron chi connectivity index (χ0n) is 10.0. The highest BCUT2D eigenvalue weighted by atomic mass is 79.9. The molecule has 2 aromatic carbocycles. The molecular formula is C13H11BrFNO2S. The van der Waals surface area contributed by atoms with Crippen molar-refractivity contribution in [3.8, 4) is 0 Å². The lowest BCUT2D eigenvalue weighted by Crippen LogP contribution is -2.13. The number of sulfonamides is 1. The van der Waals surface area contributed by atoms with Gasteiger partial charge in [0.25, 0.3) is 10.0 Å². The van der Waals surface area contributed by atoms with E-state index in [1.807, 2.05) is 0 Å². The third kappa shape index (κ3) is 3.33. The van der Waals surface area contributed by atoms with Crippen LogP contribution < -0.4 is 4.72 Å². The minimum absolute atomic E-state index is 0.122. The molecule has 0 unspecified atom stereocenters. The first-order chi connectivity index (χ1) is 8.88. The van der Waals surface area contributed by atoms with E-state index in [2.05, 4.69) is 20.7 Å². The smallest absolute Gasteiger partial charge is 0.261 e. The van der Waals surface area contributed by atoms with Crippen molar-refractivity contribution in [1.82, 2.24) is 0 Å². The third-order valence-electron chi connectivity index (χ3n) is 2.55. The predicted octanol–water partition coefficient (Wildman–Crippen LogP) is 3.70. The van der Waals surface area contributed by atoms with Crippen molar-refractivity contribution in [3.63, 3.8) is 0 Å². The SMILES string of the molecule is Cc1ccc(NS(=O)(=O)c2ccc(Br)cc2)cc1F. The van der Waals surface area contributed by atoms with Gasteiger partial charge in [-0.3, -0.25) is 4.72 Å². The summed E-state index contributed by atoms with van der Waals surface area (Å²) < 4.78 is 40.6. The number of benzene rings is 2. The van der Waals surface area contributed by atoms with Gasteiger partial charge in [-0.2, -0.15) is 0 Å². The van der Waals surface area contributed by atoms with Crippen LogP contribution in [0.3, 0.4) is 0 Å². The summed E-state index contributed by atoms with van der Waals surface area (Å²) in [5.74, 6) is -0.448. The average Bonchev–Trinajstić information content (AvgIpc) is 2.34. The zero-order chi connectivity index (χ0) is 14.0. The van der Waals surface area contributed by atoms with Crippen LogP contribution in [0.5, 0.6) is 0 Å². The van der Waals surface area contributed by atoms with Crippen molar-refractivity contribution in [1.29, 1.82) is 0 Å². The van der Waals surface area contributed by atoms with Crippen LogP contribution in [0.15, 0.2) is 51.8 Å². The van der Waals surface area contributed by atoms with E-state index in [1.54, 1.807) is 19.1 Å². The molecule has 0 aliphatic carbocycles. The van der Waals surface area contributed by atoms with Crippen molar-refractivity contribution >= 4 is 31.6 Å². The Hall–Kier alpha value is -1.40. The van der Waals surface area contributed by atoms with E-state index in [4.69, 9.17) is 0 Å². The fourth-order valence-electron chi connectivity index (χ4n) is 1.48. The molecular weight excluding hydrogens is 333 g/mol. The van der Waals surface area contributed by atoms with Gasteiger partial charge in [0.05, 0.1) is 10.6 Å². The molecule has 0 fully saturated rings. The number of nitrogens with one attached hydrogen (secondary N) is 1. The number of hydrogen-bond donors (Lipinski definition) is 1. The molecule has 100 valence electrons. The predicted molar refractivity (Wildman–Crippen MR) is 76.1 cm³/mol. The summed E-state index contributed by atoms with van der Waals surface area (Å²) >= 11 is 3.23. The number of halogens is 2. The number of hydrogen-bond acceptors (Lipinski definition) is 2. The summed E-state index contributed by atoms with van der Waals surface area (Å²) in [4.78, 5) is 0.122. The Bertz CT molecular complexity index is 699. The molecule has 6 heteroatoms. The maximum Gasteiger partial charge on any atom is 0.261 e. The number of aryl methyl sites for hydroxylation is 1. The molecule has 0 spiro atoms. The summed E-state index contributed by atoms with van der Waals surface area (Å²) in [6.45, 7) is 1.61. The van der Waals surface area contributed by atoms with E-state index in [1.165, 1.54) is 24.3 Å². The molecule has 0 radical (unpaired) electrons. The normalized spacial score (nSPS) is 11.3. The molecule has 0 saturated carbocycles. The quantitative estimate of drug-likeness (QED) is 0.923. The highest BCUT2D eigenvalue weighted by Crippen LogP contribution is 2.20. The first-order valence-electron chi connectivity index (χ1n) is 5.43. The maximum absolute atomic E-state index is 13.4. The van der Waals surface area contributed by atoms with Crippen LogP contribution in [0.2, 0.25) is 0 Å². The highest BCUT2D eigenvalue weighted by molar-refractivity contribution is 9.10. The largest absolute Gasteiger partial charge is 0.280 e. The Balaban J connectivity index is 2.30. The van der Waals surface area contributed by atoms with Crippen molar-refractivity contribution < 1.29 is 12.8 Å². The van der Waals surface area contributed by atoms with Gasteiger partial charge in [0.1, 0.15) is 5.82 Å². The molecule has 0 aromatic heterocycles. The van der Waals surface area contributed by atoms with Crippen LogP contribution in [0, 0.1) is 12.7 Å². The summed E-state index contributed by atoms with van der Waals surface area (Å²) in [7, 11) is -3.70. The van der Waals surface area contributed by atoms with Crippen LogP contribution in [-0.4, -0.2) is 8.42 Å². The zero-order valence-corrected chi connectivity index (χ0v) is 12.4. The van der Waals surface area contributed by atoms with Crippen LogP contribution in [0.1, 0.15) is 5.56 Å². The van der Waals surface area contributed by atoms with Crippen molar-refractivity contribution in [3.05, 3.63) is 58.3 Å². The first kappa shape index (κ1) is 14.0. The Morgan fingerprint density at radius 3 is 2.32 bits per heavy atom. The Morgan fingerprint density at radius 1 is 1.11 bits per heavy atom. The fraction of sp³-hybridized carbons (Fsp3) is 0.0769. The topological polar surface area (TPSA) is 46.2 Å². The van der Waals surface area contributed by atoms with Gasteiger partial charge in [-0.05, 0) is 48.9 Å². The molecule has 0 heterocycles. The molecule has 3 nitrogen and oxygen atoms in total. The third-order valence-corrected chi connectivity index (χ3v) is 4.47. The molecule has 0 aliphatic rings. The Kier molecular flexibility index (Phi) is 3.91. The molecule has 0 saturated heterocycles. The summed E-state index contributed by atoms with van der Waals surface area (Å²) in [6, 6.07) is 10.4. The van der Waals surface area contributed by atoms with E-state index < -0.39 is 15.8 Å². The van der Waals surface area contributed by atoms with Crippen LogP contribution in [0.25, 0.3) is 0 Å². The molecule has 2 rings (SSSR count). The second-order valence-electron chi connectivity index (χ2n) is 4.02. The lowest BCUT2D eigenvalue weighted by atomic mass is 10.2. The fourth-order valence-corrected chi connectivity index (χ4v) is 2.80. The molecule has 2 aromatic rings. The van der Waals surface area contributed by atoms with E-state index in [0.29, 0.717) is 5.56 Å². The lowest BCUT2D eigenvalue weighted by Gasteiger charge is -2.09. The van der Waals surface area contributed by atoms with Gasteiger partial charge in [0.2, 0.25) is 0 Å². The molecule has 0 atom stereocenters. The van der Waals surface area contributed by atoms with Gasteiger partial charge in [0, 0.05) is 4.47 Å². The van der Waals surface area contributed by atoms with Gasteiger partial charge in [-0.15, -0.1) is 0 Å². The molecule has 0 aliphatic heterocycles. The monoisotopic (exact) mass is 343 g/mol. The minimum Gasteiger partial charge on any atom is -0.280 e. The second-order valence-corrected chi connectivity index (χ2v) is 6.62. The summed E-state index contributed by atoms with van der Waals surface area (Å²) in [6.07, 6.45) is 0. The molecule has 0 amide bonds. The standard InChI is InChI=1S/C13H11BrFNO2S/c1-9-2-5-11(8-13(9)15)16-19(17,18)12-6-3-10(14)4-7-12/h2-8,16H,1H3. The summed E-state index contributed by atoms with van der Waals surface area (Å²) in [5, 5.41) is 0. The second kappa shape index (κ2) is 5.30. The molecule has 1 N–H and O–H groups in total.